The molecule has 36 heavy (non-hydrogen) atoms. The van der Waals surface area contributed by atoms with Gasteiger partial charge in [-0.1, -0.05) is 24.1 Å². The Bertz CT molecular complexity index is 1480. The number of para-hydroxylation sites is 1. The molecule has 0 radical (unpaired) electrons. The van der Waals surface area contributed by atoms with E-state index in [1.165, 1.54) is 6.07 Å². The van der Waals surface area contributed by atoms with Crippen molar-refractivity contribution in [3.8, 4) is 23.3 Å². The van der Waals surface area contributed by atoms with Gasteiger partial charge in [0.2, 0.25) is 0 Å². The number of aromatic nitrogens is 2. The zero-order chi connectivity index (χ0) is 25.8. The van der Waals surface area contributed by atoms with Gasteiger partial charge in [-0.2, -0.15) is 0 Å². The topological polar surface area (TPSA) is 121 Å². The highest BCUT2D eigenvalue weighted by molar-refractivity contribution is 5.96. The quantitative estimate of drug-likeness (QED) is 0.294. The Balaban J connectivity index is 1.84. The molecule has 7 heteroatoms. The molecule has 2 aromatic carbocycles. The number of ether oxygens (including phenoxy) is 1. The van der Waals surface area contributed by atoms with E-state index >= 15 is 0 Å². The summed E-state index contributed by atoms with van der Waals surface area (Å²) in [5.41, 5.74) is 10.1. The van der Waals surface area contributed by atoms with Gasteiger partial charge in [-0.15, -0.1) is 0 Å². The molecular weight excluding hydrogens is 454 g/mol. The Hall–Kier alpha value is -4.28. The van der Waals surface area contributed by atoms with Crippen LogP contribution >= 0.6 is 0 Å². The SMILES string of the molecule is Cc1ccc(O)c(C#Cc2cc(C(N)=O)c(OC(C)C)c([C@H](CO)Cc3c[nH]c4ccccc34)c2)n1. The molecule has 4 rings (SSSR count). The summed E-state index contributed by atoms with van der Waals surface area (Å²) in [4.78, 5) is 20.0. The Morgan fingerprint density at radius 1 is 1.17 bits per heavy atom. The number of nitrogens with zero attached hydrogens (tertiary/aromatic N) is 1. The first-order chi connectivity index (χ1) is 17.3. The molecule has 4 aromatic rings. The van der Waals surface area contributed by atoms with Crippen molar-refractivity contribution in [3.05, 3.63) is 88.4 Å². The van der Waals surface area contributed by atoms with E-state index < -0.39 is 5.91 Å². The summed E-state index contributed by atoms with van der Waals surface area (Å²) in [5, 5.41) is 21.6. The summed E-state index contributed by atoms with van der Waals surface area (Å²) in [6.45, 7) is 5.36. The van der Waals surface area contributed by atoms with Gasteiger partial charge in [0.05, 0.1) is 18.3 Å². The second-order valence-electron chi connectivity index (χ2n) is 8.99. The number of pyridine rings is 1. The summed E-state index contributed by atoms with van der Waals surface area (Å²) < 4.78 is 6.06. The van der Waals surface area contributed by atoms with Crippen molar-refractivity contribution in [1.82, 2.24) is 9.97 Å². The van der Waals surface area contributed by atoms with Crippen LogP contribution < -0.4 is 10.5 Å². The van der Waals surface area contributed by atoms with Gasteiger partial charge in [0.15, 0.2) is 5.69 Å². The van der Waals surface area contributed by atoms with Crippen molar-refractivity contribution >= 4 is 16.8 Å². The largest absolute Gasteiger partial charge is 0.505 e. The summed E-state index contributed by atoms with van der Waals surface area (Å²) in [5.74, 6) is 5.14. The molecule has 0 saturated heterocycles. The van der Waals surface area contributed by atoms with E-state index in [-0.39, 0.29) is 35.6 Å². The van der Waals surface area contributed by atoms with Crippen molar-refractivity contribution < 1.29 is 19.7 Å². The van der Waals surface area contributed by atoms with Gasteiger partial charge in [0.25, 0.3) is 5.91 Å². The fourth-order valence-corrected chi connectivity index (χ4v) is 4.19. The van der Waals surface area contributed by atoms with E-state index in [1.54, 1.807) is 18.2 Å². The van der Waals surface area contributed by atoms with Crippen LogP contribution in [0.25, 0.3) is 10.9 Å². The standard InChI is InChI=1S/C29H29N3O4/c1-17(2)36-28-23(21(16-33)14-20-15-31-25-7-5-4-6-22(20)25)12-19(13-24(28)29(30)35)9-10-26-27(34)11-8-18(3)32-26/h4-8,11-13,15,17,21,31,33-34H,14,16H2,1-3H3,(H2,30,35)/t21-/m0/s1. The van der Waals surface area contributed by atoms with Gasteiger partial charge in [0.1, 0.15) is 11.5 Å². The number of amides is 1. The molecule has 1 atom stereocenters. The predicted molar refractivity (Wildman–Crippen MR) is 139 cm³/mol. The number of carbonyl (C=O) groups excluding carboxylic acids is 1. The molecule has 0 aliphatic carbocycles. The van der Waals surface area contributed by atoms with Crippen molar-refractivity contribution in [3.63, 3.8) is 0 Å². The minimum Gasteiger partial charge on any atom is -0.505 e. The number of aliphatic hydroxyl groups excluding tert-OH is 1. The molecule has 7 nitrogen and oxygen atoms in total. The highest BCUT2D eigenvalue weighted by Crippen LogP contribution is 2.35. The average molecular weight is 484 g/mol. The summed E-state index contributed by atoms with van der Waals surface area (Å²) >= 11 is 0. The lowest BCUT2D eigenvalue weighted by Crippen LogP contribution is -2.19. The molecule has 0 unspecified atom stereocenters. The van der Waals surface area contributed by atoms with Crippen LogP contribution in [0.5, 0.6) is 11.5 Å². The lowest BCUT2D eigenvalue weighted by atomic mass is 9.88. The van der Waals surface area contributed by atoms with Crippen LogP contribution in [-0.2, 0) is 6.42 Å². The number of fused-ring (bicyclic) bond motifs is 1. The van der Waals surface area contributed by atoms with E-state index in [0.29, 0.717) is 23.3 Å². The lowest BCUT2D eigenvalue weighted by Gasteiger charge is -2.23. The number of rotatable bonds is 7. The molecule has 0 fully saturated rings. The van der Waals surface area contributed by atoms with Crippen molar-refractivity contribution in [2.45, 2.75) is 39.2 Å². The van der Waals surface area contributed by atoms with E-state index in [4.69, 9.17) is 10.5 Å². The number of hydrogen-bond acceptors (Lipinski definition) is 5. The first-order valence-electron chi connectivity index (χ1n) is 11.8. The molecule has 2 aromatic heterocycles. The Morgan fingerprint density at radius 3 is 2.67 bits per heavy atom. The third-order valence-corrected chi connectivity index (χ3v) is 5.88. The van der Waals surface area contributed by atoms with Gasteiger partial charge in [-0.05, 0) is 69.0 Å². The molecule has 1 amide bonds. The summed E-state index contributed by atoms with van der Waals surface area (Å²) in [6, 6.07) is 14.6. The number of nitrogens with one attached hydrogen (secondary N) is 1. The van der Waals surface area contributed by atoms with Gasteiger partial charge >= 0.3 is 0 Å². The highest BCUT2D eigenvalue weighted by Gasteiger charge is 2.24. The second-order valence-corrected chi connectivity index (χ2v) is 8.99. The second kappa shape index (κ2) is 10.5. The molecule has 2 heterocycles. The number of benzene rings is 2. The number of aromatic amines is 1. The zero-order valence-electron chi connectivity index (χ0n) is 20.5. The monoisotopic (exact) mass is 483 g/mol. The zero-order valence-corrected chi connectivity index (χ0v) is 20.5. The fraction of sp³-hybridized carbons (Fsp3) is 0.241. The minimum atomic E-state index is -0.657. The van der Waals surface area contributed by atoms with Crippen LogP contribution in [0, 0.1) is 18.8 Å². The van der Waals surface area contributed by atoms with E-state index in [2.05, 4.69) is 21.8 Å². The van der Waals surface area contributed by atoms with Crippen LogP contribution in [0.3, 0.4) is 0 Å². The Morgan fingerprint density at radius 2 is 1.94 bits per heavy atom. The van der Waals surface area contributed by atoms with Crippen molar-refractivity contribution in [2.24, 2.45) is 5.73 Å². The predicted octanol–water partition coefficient (Wildman–Crippen LogP) is 4.18. The van der Waals surface area contributed by atoms with Crippen LogP contribution in [0.4, 0.5) is 0 Å². The normalized spacial score (nSPS) is 11.8. The fourth-order valence-electron chi connectivity index (χ4n) is 4.19. The van der Waals surface area contributed by atoms with E-state index in [0.717, 1.165) is 22.2 Å². The number of H-pyrrole nitrogens is 1. The van der Waals surface area contributed by atoms with Gasteiger partial charge in [-0.3, -0.25) is 4.79 Å². The van der Waals surface area contributed by atoms with Gasteiger partial charge in [-0.25, -0.2) is 4.98 Å². The first kappa shape index (κ1) is 24.8. The number of aryl methyl sites for hydroxylation is 1. The van der Waals surface area contributed by atoms with Gasteiger partial charge in [0, 0.05) is 39.8 Å². The number of aromatic hydroxyl groups is 1. The van der Waals surface area contributed by atoms with Crippen LogP contribution in [0.2, 0.25) is 0 Å². The smallest absolute Gasteiger partial charge is 0.252 e. The molecular formula is C29H29N3O4. The Labute approximate surface area is 210 Å². The Kier molecular flexibility index (Phi) is 7.28. The third kappa shape index (κ3) is 5.35. The lowest BCUT2D eigenvalue weighted by molar-refractivity contribution is 0.0994. The summed E-state index contributed by atoms with van der Waals surface area (Å²) in [7, 11) is 0. The van der Waals surface area contributed by atoms with E-state index in [9.17, 15) is 15.0 Å². The van der Waals surface area contributed by atoms with E-state index in [1.807, 2.05) is 51.2 Å². The third-order valence-electron chi connectivity index (χ3n) is 5.88. The minimum absolute atomic E-state index is 0.0317. The number of aliphatic hydroxyl groups is 1. The summed E-state index contributed by atoms with van der Waals surface area (Å²) in [6.07, 6.45) is 2.21. The molecule has 5 N–H and O–H groups in total. The molecule has 0 bridgehead atoms. The number of nitrogens with two attached hydrogens (primary N) is 1. The van der Waals surface area contributed by atoms with Gasteiger partial charge < -0.3 is 25.7 Å². The molecule has 0 saturated carbocycles. The number of carbonyl (C=O) groups is 1. The van der Waals surface area contributed by atoms with Crippen LogP contribution in [0.1, 0.15) is 58.2 Å². The van der Waals surface area contributed by atoms with Crippen molar-refractivity contribution in [1.29, 1.82) is 0 Å². The maximum atomic E-state index is 12.5. The highest BCUT2D eigenvalue weighted by atomic mass is 16.5. The van der Waals surface area contributed by atoms with Crippen LogP contribution in [0.15, 0.2) is 54.7 Å². The van der Waals surface area contributed by atoms with Crippen LogP contribution in [-0.4, -0.2) is 38.8 Å². The molecule has 0 spiro atoms. The first-order valence-corrected chi connectivity index (χ1v) is 11.8. The number of primary amides is 1. The molecule has 0 aliphatic rings. The van der Waals surface area contributed by atoms with Crippen molar-refractivity contribution in [2.75, 3.05) is 6.61 Å². The average Bonchev–Trinajstić information content (AvgIpc) is 3.26. The maximum Gasteiger partial charge on any atom is 0.252 e. The molecule has 0 aliphatic heterocycles. The molecule has 184 valence electrons. The number of hydrogen-bond donors (Lipinski definition) is 4. The maximum absolute atomic E-state index is 12.5.